The van der Waals surface area contributed by atoms with Gasteiger partial charge in [-0.2, -0.15) is 0 Å². The van der Waals surface area contributed by atoms with Crippen molar-refractivity contribution in [2.24, 2.45) is 0 Å². The summed E-state index contributed by atoms with van der Waals surface area (Å²) in [6.45, 7) is 1.29. The molecule has 0 radical (unpaired) electrons. The Hall–Kier alpha value is -3.48. The first-order chi connectivity index (χ1) is 17.2. The first-order valence-corrected chi connectivity index (χ1v) is 12.8. The van der Waals surface area contributed by atoms with Crippen LogP contribution < -0.4 is 15.6 Å². The third-order valence-corrected chi connectivity index (χ3v) is 8.18. The molecule has 1 N–H and O–H groups in total. The van der Waals surface area contributed by atoms with Crippen LogP contribution >= 0.6 is 11.3 Å². The summed E-state index contributed by atoms with van der Waals surface area (Å²) in [6.07, 6.45) is 4.57. The minimum atomic E-state index is 0.0400. The summed E-state index contributed by atoms with van der Waals surface area (Å²) in [5.41, 5.74) is 3.53. The molecule has 2 aromatic heterocycles. The molecule has 0 spiro atoms. The highest BCUT2D eigenvalue weighted by atomic mass is 32.1. The number of thiophene rings is 1. The van der Waals surface area contributed by atoms with Crippen molar-refractivity contribution < 1.29 is 4.74 Å². The smallest absolute Gasteiger partial charge is 0.262 e. The zero-order chi connectivity index (χ0) is 23.8. The fourth-order valence-corrected chi connectivity index (χ4v) is 6.44. The van der Waals surface area contributed by atoms with Crippen molar-refractivity contribution in [3.63, 3.8) is 0 Å². The molecule has 6 heteroatoms. The molecule has 2 heterocycles. The van der Waals surface area contributed by atoms with Gasteiger partial charge in [-0.3, -0.25) is 9.36 Å². The van der Waals surface area contributed by atoms with Crippen LogP contribution in [-0.2, 0) is 25.9 Å². The topological polar surface area (TPSA) is 56.2 Å². The molecule has 1 aliphatic carbocycles. The van der Waals surface area contributed by atoms with E-state index in [2.05, 4.69) is 47.8 Å². The second-order valence-corrected chi connectivity index (χ2v) is 10.2. The minimum absolute atomic E-state index is 0.0400. The van der Waals surface area contributed by atoms with Gasteiger partial charge in [0.15, 0.2) is 0 Å². The summed E-state index contributed by atoms with van der Waals surface area (Å²) >= 11 is 1.68. The van der Waals surface area contributed by atoms with Crippen LogP contribution in [0.1, 0.15) is 28.0 Å². The van der Waals surface area contributed by atoms with E-state index in [0.717, 1.165) is 58.1 Å². The van der Waals surface area contributed by atoms with E-state index in [0.29, 0.717) is 12.6 Å². The quantitative estimate of drug-likeness (QED) is 0.357. The van der Waals surface area contributed by atoms with Gasteiger partial charge >= 0.3 is 0 Å². The van der Waals surface area contributed by atoms with E-state index in [1.54, 1.807) is 29.3 Å². The summed E-state index contributed by atoms with van der Waals surface area (Å²) in [4.78, 5) is 20.5. The van der Waals surface area contributed by atoms with Crippen LogP contribution in [0.4, 0.5) is 0 Å². The Morgan fingerprint density at radius 3 is 2.77 bits per heavy atom. The lowest BCUT2D eigenvalue weighted by molar-refractivity contribution is 0.409. The van der Waals surface area contributed by atoms with Gasteiger partial charge in [-0.25, -0.2) is 4.98 Å². The summed E-state index contributed by atoms with van der Waals surface area (Å²) in [6, 6.07) is 23.2. The van der Waals surface area contributed by atoms with Crippen LogP contribution in [0.15, 0.2) is 77.9 Å². The van der Waals surface area contributed by atoms with Crippen LogP contribution in [0.25, 0.3) is 21.0 Å². The van der Waals surface area contributed by atoms with Crippen LogP contribution in [0.3, 0.4) is 0 Å². The van der Waals surface area contributed by atoms with Gasteiger partial charge in [0.05, 0.1) is 25.4 Å². The third-order valence-electron chi connectivity index (χ3n) is 7.02. The molecule has 0 saturated carbocycles. The molecule has 1 atom stereocenters. The number of rotatable bonds is 6. The monoisotopic (exact) mass is 481 g/mol. The number of nitrogens with one attached hydrogen (secondary N) is 1. The lowest BCUT2D eigenvalue weighted by Crippen LogP contribution is -2.33. The standard InChI is InChI=1S/C29H27N3O2S/c1-34-25-14-11-20-9-5-6-10-22(20)24(25)17-32-18-31-28-27(29(32)33)23-13-12-21(15-26(23)35-28)30-16-19-7-3-2-4-8-19/h2-11,14,18,21,30H,12-13,15-17H2,1H3/t21-/m0/s1. The number of fused-ring (bicyclic) bond motifs is 4. The number of aryl methyl sites for hydroxylation is 1. The molecular formula is C29H27N3O2S. The highest BCUT2D eigenvalue weighted by Crippen LogP contribution is 2.34. The third kappa shape index (κ3) is 4.13. The molecule has 5 aromatic rings. The number of hydrogen-bond donors (Lipinski definition) is 1. The molecule has 0 aliphatic heterocycles. The second-order valence-electron chi connectivity index (χ2n) is 9.14. The molecule has 176 valence electrons. The summed E-state index contributed by atoms with van der Waals surface area (Å²) in [5.74, 6) is 0.787. The van der Waals surface area contributed by atoms with Crippen molar-refractivity contribution in [2.45, 2.75) is 38.4 Å². The average molecular weight is 482 g/mol. The second kappa shape index (κ2) is 9.29. The highest BCUT2D eigenvalue weighted by molar-refractivity contribution is 7.18. The van der Waals surface area contributed by atoms with Gasteiger partial charge in [0.2, 0.25) is 0 Å². The normalized spacial score (nSPS) is 15.4. The maximum Gasteiger partial charge on any atom is 0.262 e. The van der Waals surface area contributed by atoms with Gasteiger partial charge in [0.25, 0.3) is 5.56 Å². The van der Waals surface area contributed by atoms with Crippen molar-refractivity contribution in [3.05, 3.63) is 105 Å². The lowest BCUT2D eigenvalue weighted by Gasteiger charge is -2.23. The van der Waals surface area contributed by atoms with E-state index < -0.39 is 0 Å². The number of aromatic nitrogens is 2. The molecule has 5 nitrogen and oxygen atoms in total. The largest absolute Gasteiger partial charge is 0.496 e. The van der Waals surface area contributed by atoms with Crippen molar-refractivity contribution in [1.29, 1.82) is 0 Å². The van der Waals surface area contributed by atoms with Crippen LogP contribution in [0.2, 0.25) is 0 Å². The Morgan fingerprint density at radius 1 is 1.09 bits per heavy atom. The predicted molar refractivity (Wildman–Crippen MR) is 143 cm³/mol. The van der Waals surface area contributed by atoms with Crippen LogP contribution in [0, 0.1) is 0 Å². The zero-order valence-corrected chi connectivity index (χ0v) is 20.5. The fraction of sp³-hybridized carbons (Fsp3) is 0.241. The maximum absolute atomic E-state index is 13.7. The number of nitrogens with zero attached hydrogens (tertiary/aromatic N) is 2. The number of methoxy groups -OCH3 is 1. The average Bonchev–Trinajstić information content (AvgIpc) is 3.28. The number of benzene rings is 3. The Labute approximate surface area is 208 Å². The molecule has 1 aliphatic rings. The van der Waals surface area contributed by atoms with Crippen LogP contribution in [-0.4, -0.2) is 22.7 Å². The van der Waals surface area contributed by atoms with Gasteiger partial charge in [0.1, 0.15) is 10.6 Å². The predicted octanol–water partition coefficient (Wildman–Crippen LogP) is 5.32. The molecule has 6 rings (SSSR count). The highest BCUT2D eigenvalue weighted by Gasteiger charge is 2.25. The van der Waals surface area contributed by atoms with E-state index >= 15 is 0 Å². The van der Waals surface area contributed by atoms with Gasteiger partial charge in [0, 0.05) is 23.0 Å². The lowest BCUT2D eigenvalue weighted by atomic mass is 9.93. The van der Waals surface area contributed by atoms with Crippen LogP contribution in [0.5, 0.6) is 5.75 Å². The zero-order valence-electron chi connectivity index (χ0n) is 19.7. The van der Waals surface area contributed by atoms with Gasteiger partial charge in [-0.15, -0.1) is 11.3 Å². The maximum atomic E-state index is 13.7. The van der Waals surface area contributed by atoms with Gasteiger partial charge in [-0.1, -0.05) is 60.7 Å². The fourth-order valence-electron chi connectivity index (χ4n) is 5.19. The van der Waals surface area contributed by atoms with E-state index in [-0.39, 0.29) is 5.56 Å². The minimum Gasteiger partial charge on any atom is -0.496 e. The number of ether oxygens (including phenoxy) is 1. The SMILES string of the molecule is COc1ccc2ccccc2c1Cn1cnc2sc3c(c2c1=O)CC[C@H](NCc1ccccc1)C3. The Bertz CT molecular complexity index is 1570. The van der Waals surface area contributed by atoms with Gasteiger partial charge in [-0.05, 0) is 47.2 Å². The van der Waals surface area contributed by atoms with E-state index in [9.17, 15) is 4.79 Å². The molecule has 0 fully saturated rings. The molecule has 35 heavy (non-hydrogen) atoms. The Balaban J connectivity index is 1.31. The Kier molecular flexibility index (Phi) is 5.84. The molecule has 3 aromatic carbocycles. The number of hydrogen-bond acceptors (Lipinski definition) is 5. The van der Waals surface area contributed by atoms with Crippen molar-refractivity contribution in [3.8, 4) is 5.75 Å². The van der Waals surface area contributed by atoms with E-state index in [4.69, 9.17) is 9.72 Å². The Morgan fingerprint density at radius 2 is 1.91 bits per heavy atom. The molecule has 0 unspecified atom stereocenters. The molecule has 0 bridgehead atoms. The molecule has 0 amide bonds. The molecule has 0 saturated heterocycles. The van der Waals surface area contributed by atoms with Crippen molar-refractivity contribution in [2.75, 3.05) is 7.11 Å². The van der Waals surface area contributed by atoms with E-state index in [1.165, 1.54) is 16.0 Å². The van der Waals surface area contributed by atoms with E-state index in [1.807, 2.05) is 24.3 Å². The molecular weight excluding hydrogens is 454 g/mol. The van der Waals surface area contributed by atoms with Crippen molar-refractivity contribution in [1.82, 2.24) is 14.9 Å². The summed E-state index contributed by atoms with van der Waals surface area (Å²) in [7, 11) is 1.68. The summed E-state index contributed by atoms with van der Waals surface area (Å²) < 4.78 is 7.39. The first kappa shape index (κ1) is 22.0. The van der Waals surface area contributed by atoms with Gasteiger partial charge < -0.3 is 10.1 Å². The first-order valence-electron chi connectivity index (χ1n) is 12.0. The summed E-state index contributed by atoms with van der Waals surface area (Å²) in [5, 5.41) is 6.73. The van der Waals surface area contributed by atoms with Crippen molar-refractivity contribution >= 4 is 32.3 Å².